The summed E-state index contributed by atoms with van der Waals surface area (Å²) < 4.78 is 0. The third-order valence-corrected chi connectivity index (χ3v) is 4.59. The van der Waals surface area contributed by atoms with E-state index in [0.717, 1.165) is 38.8 Å². The van der Waals surface area contributed by atoms with E-state index < -0.39 is 0 Å². The summed E-state index contributed by atoms with van der Waals surface area (Å²) in [5, 5.41) is 14.4. The van der Waals surface area contributed by atoms with Gasteiger partial charge in [0.1, 0.15) is 5.69 Å². The molecule has 6 nitrogen and oxygen atoms in total. The number of rotatable bonds is 4. The van der Waals surface area contributed by atoms with Gasteiger partial charge in [-0.05, 0) is 43.2 Å². The highest BCUT2D eigenvalue weighted by Crippen LogP contribution is 2.36. The molecule has 23 heavy (non-hydrogen) atoms. The number of benzene rings is 1. The van der Waals surface area contributed by atoms with Crippen molar-refractivity contribution < 1.29 is 9.72 Å². The van der Waals surface area contributed by atoms with Crippen LogP contribution in [0.5, 0.6) is 0 Å². The van der Waals surface area contributed by atoms with Crippen LogP contribution in [0, 0.1) is 15.5 Å². The summed E-state index contributed by atoms with van der Waals surface area (Å²) in [6.07, 6.45) is 4.14. The Hall–Kier alpha value is -2.11. The minimum atomic E-state index is -0.384. The van der Waals surface area contributed by atoms with E-state index >= 15 is 0 Å². The van der Waals surface area contributed by atoms with Gasteiger partial charge in [-0.1, -0.05) is 13.8 Å². The lowest BCUT2D eigenvalue weighted by atomic mass is 9.84. The Morgan fingerprint density at radius 3 is 2.74 bits per heavy atom. The molecule has 0 radical (unpaired) electrons. The van der Waals surface area contributed by atoms with E-state index in [1.54, 1.807) is 12.1 Å². The highest BCUT2D eigenvalue weighted by atomic mass is 16.6. The van der Waals surface area contributed by atoms with Gasteiger partial charge in [0.15, 0.2) is 0 Å². The normalized spacial score (nSPS) is 20.2. The molecule has 2 fully saturated rings. The minimum Gasteiger partial charge on any atom is -0.365 e. The molecule has 1 aliphatic carbocycles. The topological polar surface area (TPSA) is 75.5 Å². The van der Waals surface area contributed by atoms with Gasteiger partial charge in [0.2, 0.25) is 0 Å². The van der Waals surface area contributed by atoms with Gasteiger partial charge >= 0.3 is 0 Å². The highest BCUT2D eigenvalue weighted by Gasteiger charge is 2.31. The quantitative estimate of drug-likeness (QED) is 0.684. The molecule has 1 aliphatic heterocycles. The molecule has 0 aromatic heterocycles. The Labute approximate surface area is 136 Å². The first-order valence-corrected chi connectivity index (χ1v) is 8.20. The second kappa shape index (κ2) is 5.83. The second-order valence-electron chi connectivity index (χ2n) is 7.40. The number of hydrogen-bond acceptors (Lipinski definition) is 4. The number of carbonyl (C=O) groups excluding carboxylic acids is 1. The summed E-state index contributed by atoms with van der Waals surface area (Å²) in [6, 6.07) is 5.07. The molecule has 1 N–H and O–H groups in total. The molecule has 124 valence electrons. The molecular weight excluding hydrogens is 294 g/mol. The van der Waals surface area contributed by atoms with Gasteiger partial charge in [-0.15, -0.1) is 0 Å². The van der Waals surface area contributed by atoms with E-state index in [9.17, 15) is 14.9 Å². The summed E-state index contributed by atoms with van der Waals surface area (Å²) >= 11 is 0. The number of amides is 1. The van der Waals surface area contributed by atoms with E-state index in [2.05, 4.69) is 24.1 Å². The van der Waals surface area contributed by atoms with Crippen LogP contribution in [0.1, 0.15) is 49.9 Å². The maximum absolute atomic E-state index is 12.1. The number of nitro benzene ring substituents is 1. The fourth-order valence-corrected chi connectivity index (χ4v) is 3.20. The molecule has 1 aromatic carbocycles. The molecule has 3 rings (SSSR count). The van der Waals surface area contributed by atoms with Crippen molar-refractivity contribution in [3.8, 4) is 0 Å². The summed E-state index contributed by atoms with van der Waals surface area (Å²) in [5.74, 6) is -0.221. The van der Waals surface area contributed by atoms with Crippen LogP contribution < -0.4 is 10.2 Å². The molecule has 1 aromatic rings. The standard InChI is InChI=1S/C17H23N3O3/c1-17(2)8-3-9-19(11-17)14-7-4-12(10-15(14)20(22)23)16(21)18-13-5-6-13/h4,7,10,13H,3,5-6,8-9,11H2,1-2H3,(H,18,21). The van der Waals surface area contributed by atoms with Crippen LogP contribution in [0.2, 0.25) is 0 Å². The highest BCUT2D eigenvalue weighted by molar-refractivity contribution is 5.96. The van der Waals surface area contributed by atoms with E-state index in [4.69, 9.17) is 0 Å². The van der Waals surface area contributed by atoms with Crippen molar-refractivity contribution in [1.82, 2.24) is 5.32 Å². The molecule has 0 atom stereocenters. The van der Waals surface area contributed by atoms with Gasteiger partial charge in [0.05, 0.1) is 4.92 Å². The first-order chi connectivity index (χ1) is 10.9. The predicted octanol–water partition coefficient (Wildman–Crippen LogP) is 3.11. The second-order valence-corrected chi connectivity index (χ2v) is 7.40. The fourth-order valence-electron chi connectivity index (χ4n) is 3.20. The Bertz CT molecular complexity index is 638. The lowest BCUT2D eigenvalue weighted by molar-refractivity contribution is -0.384. The molecular formula is C17H23N3O3. The Balaban J connectivity index is 1.87. The van der Waals surface area contributed by atoms with Crippen LogP contribution in [0.4, 0.5) is 11.4 Å². The van der Waals surface area contributed by atoms with Crippen molar-refractivity contribution >= 4 is 17.3 Å². The van der Waals surface area contributed by atoms with Crippen LogP contribution in [0.15, 0.2) is 18.2 Å². The van der Waals surface area contributed by atoms with Crippen molar-refractivity contribution in [2.24, 2.45) is 5.41 Å². The third kappa shape index (κ3) is 3.63. The van der Waals surface area contributed by atoms with Crippen molar-refractivity contribution in [2.45, 2.75) is 45.6 Å². The first kappa shape index (κ1) is 15.8. The predicted molar refractivity (Wildman–Crippen MR) is 88.8 cm³/mol. The smallest absolute Gasteiger partial charge is 0.293 e. The maximum Gasteiger partial charge on any atom is 0.293 e. The molecule has 0 spiro atoms. The van der Waals surface area contributed by atoms with Gasteiger partial charge < -0.3 is 10.2 Å². The lowest BCUT2D eigenvalue weighted by Crippen LogP contribution is -2.40. The zero-order valence-corrected chi connectivity index (χ0v) is 13.7. The summed E-state index contributed by atoms with van der Waals surface area (Å²) in [5.41, 5.74) is 1.15. The molecule has 1 saturated heterocycles. The SMILES string of the molecule is CC1(C)CCCN(c2ccc(C(=O)NC3CC3)cc2[N+](=O)[O-])C1. The Morgan fingerprint density at radius 2 is 2.13 bits per heavy atom. The van der Waals surface area contributed by atoms with Gasteiger partial charge in [-0.2, -0.15) is 0 Å². The van der Waals surface area contributed by atoms with Crippen molar-refractivity contribution in [1.29, 1.82) is 0 Å². The number of anilines is 1. The number of carbonyl (C=O) groups is 1. The number of hydrogen-bond donors (Lipinski definition) is 1. The molecule has 6 heteroatoms. The third-order valence-electron chi connectivity index (χ3n) is 4.59. The molecule has 0 unspecified atom stereocenters. The minimum absolute atomic E-state index is 0.0196. The Kier molecular flexibility index (Phi) is 4.00. The average molecular weight is 317 g/mol. The largest absolute Gasteiger partial charge is 0.365 e. The molecule has 0 bridgehead atoms. The summed E-state index contributed by atoms with van der Waals surface area (Å²) in [7, 11) is 0. The van der Waals surface area contributed by atoms with Crippen LogP contribution in [0.25, 0.3) is 0 Å². The lowest BCUT2D eigenvalue weighted by Gasteiger charge is -2.39. The molecule has 2 aliphatic rings. The number of nitrogens with one attached hydrogen (secondary N) is 1. The van der Waals surface area contributed by atoms with Crippen LogP contribution in [-0.2, 0) is 0 Å². The average Bonchev–Trinajstić information content (AvgIpc) is 3.29. The Morgan fingerprint density at radius 1 is 1.39 bits per heavy atom. The van der Waals surface area contributed by atoms with Crippen LogP contribution >= 0.6 is 0 Å². The van der Waals surface area contributed by atoms with E-state index in [1.165, 1.54) is 6.07 Å². The number of piperidine rings is 1. The van der Waals surface area contributed by atoms with Crippen LogP contribution in [-0.4, -0.2) is 30.0 Å². The number of nitrogens with zero attached hydrogens (tertiary/aromatic N) is 2. The monoisotopic (exact) mass is 317 g/mol. The van der Waals surface area contributed by atoms with Gasteiger partial charge in [-0.3, -0.25) is 14.9 Å². The molecule has 1 saturated carbocycles. The summed E-state index contributed by atoms with van der Waals surface area (Å²) in [4.78, 5) is 25.3. The van der Waals surface area contributed by atoms with Crippen molar-refractivity contribution in [2.75, 3.05) is 18.0 Å². The zero-order chi connectivity index (χ0) is 16.6. The van der Waals surface area contributed by atoms with Crippen LogP contribution in [0.3, 0.4) is 0 Å². The fraction of sp³-hybridized carbons (Fsp3) is 0.588. The van der Waals surface area contributed by atoms with Gasteiger partial charge in [-0.25, -0.2) is 0 Å². The maximum atomic E-state index is 12.1. The summed E-state index contributed by atoms with van der Waals surface area (Å²) in [6.45, 7) is 5.98. The van der Waals surface area contributed by atoms with E-state index in [-0.39, 0.29) is 28.0 Å². The van der Waals surface area contributed by atoms with Gasteiger partial charge in [0, 0.05) is 30.8 Å². The first-order valence-electron chi connectivity index (χ1n) is 8.20. The van der Waals surface area contributed by atoms with E-state index in [0.29, 0.717) is 11.3 Å². The number of nitro groups is 1. The van der Waals surface area contributed by atoms with Crippen molar-refractivity contribution in [3.05, 3.63) is 33.9 Å². The molecule has 1 amide bonds. The van der Waals surface area contributed by atoms with Gasteiger partial charge in [0.25, 0.3) is 11.6 Å². The zero-order valence-electron chi connectivity index (χ0n) is 13.7. The van der Waals surface area contributed by atoms with Crippen molar-refractivity contribution in [3.63, 3.8) is 0 Å². The van der Waals surface area contributed by atoms with E-state index in [1.807, 2.05) is 0 Å². The molecule has 1 heterocycles.